The third-order valence-corrected chi connectivity index (χ3v) is 5.68. The van der Waals surface area contributed by atoms with Crippen LogP contribution in [0, 0.1) is 0 Å². The van der Waals surface area contributed by atoms with Crippen LogP contribution < -0.4 is 10.1 Å². The van der Waals surface area contributed by atoms with Gasteiger partial charge >= 0.3 is 0 Å². The highest BCUT2D eigenvalue weighted by Gasteiger charge is 2.22. The van der Waals surface area contributed by atoms with Crippen molar-refractivity contribution in [1.82, 2.24) is 10.2 Å². The van der Waals surface area contributed by atoms with E-state index < -0.39 is 0 Å². The first kappa shape index (κ1) is 21.6. The van der Waals surface area contributed by atoms with E-state index in [0.717, 1.165) is 41.3 Å². The molecule has 1 heterocycles. The van der Waals surface area contributed by atoms with Crippen molar-refractivity contribution < 1.29 is 14.3 Å². The predicted octanol–water partition coefficient (Wildman–Crippen LogP) is 5.02. The molecule has 5 heteroatoms. The molecule has 4 rings (SSSR count). The molecule has 0 atom stereocenters. The van der Waals surface area contributed by atoms with Crippen molar-refractivity contribution in [2.75, 3.05) is 19.7 Å². The van der Waals surface area contributed by atoms with Gasteiger partial charge in [0, 0.05) is 24.0 Å². The summed E-state index contributed by atoms with van der Waals surface area (Å²) in [5.41, 5.74) is 1.66. The second-order valence-electron chi connectivity index (χ2n) is 7.86. The fraction of sp³-hybridized carbons (Fsp3) is 0.259. The van der Waals surface area contributed by atoms with Crippen molar-refractivity contribution in [1.29, 1.82) is 0 Å². The van der Waals surface area contributed by atoms with E-state index in [4.69, 9.17) is 4.74 Å². The number of amides is 2. The fourth-order valence-electron chi connectivity index (χ4n) is 4.06. The van der Waals surface area contributed by atoms with Gasteiger partial charge < -0.3 is 15.0 Å². The third kappa shape index (κ3) is 4.83. The molecule has 0 aliphatic carbocycles. The summed E-state index contributed by atoms with van der Waals surface area (Å²) in [6.07, 6.45) is 4.88. The molecule has 1 N–H and O–H groups in total. The van der Waals surface area contributed by atoms with E-state index in [9.17, 15) is 9.59 Å². The number of benzene rings is 3. The molecule has 1 aliphatic rings. The molecule has 3 aromatic carbocycles. The molecule has 1 saturated heterocycles. The van der Waals surface area contributed by atoms with Crippen molar-refractivity contribution in [3.63, 3.8) is 0 Å². The Balaban J connectivity index is 1.74. The number of likely N-dealkylation sites (tertiary alicyclic amines) is 1. The van der Waals surface area contributed by atoms with Crippen molar-refractivity contribution >= 4 is 28.7 Å². The van der Waals surface area contributed by atoms with E-state index in [1.54, 1.807) is 18.2 Å². The van der Waals surface area contributed by atoms with Gasteiger partial charge in [0.25, 0.3) is 11.8 Å². The summed E-state index contributed by atoms with van der Waals surface area (Å²) < 4.78 is 5.78. The topological polar surface area (TPSA) is 58.6 Å². The van der Waals surface area contributed by atoms with Crippen LogP contribution in [0.25, 0.3) is 16.8 Å². The maximum atomic E-state index is 13.4. The van der Waals surface area contributed by atoms with Crippen LogP contribution in [-0.2, 0) is 4.79 Å². The van der Waals surface area contributed by atoms with Crippen molar-refractivity contribution in [2.45, 2.75) is 26.2 Å². The zero-order valence-corrected chi connectivity index (χ0v) is 18.3. The summed E-state index contributed by atoms with van der Waals surface area (Å²) in [5, 5.41) is 4.83. The van der Waals surface area contributed by atoms with E-state index in [0.29, 0.717) is 25.3 Å². The Hall–Kier alpha value is -3.60. The van der Waals surface area contributed by atoms with Crippen molar-refractivity contribution in [3.8, 4) is 5.75 Å². The lowest BCUT2D eigenvalue weighted by atomic mass is 10.0. The number of piperidine rings is 1. The number of carbonyl (C=O) groups is 2. The van der Waals surface area contributed by atoms with E-state index in [1.807, 2.05) is 66.4 Å². The molecule has 5 nitrogen and oxygen atoms in total. The lowest BCUT2D eigenvalue weighted by Crippen LogP contribution is -2.41. The monoisotopic (exact) mass is 428 g/mol. The number of nitrogens with zero attached hydrogens (tertiary/aromatic N) is 1. The molecule has 0 aromatic heterocycles. The Bertz CT molecular complexity index is 1130. The fourth-order valence-corrected chi connectivity index (χ4v) is 4.06. The molecule has 0 radical (unpaired) electrons. The molecule has 0 unspecified atom stereocenters. The molecule has 0 spiro atoms. The number of hydrogen-bond donors (Lipinski definition) is 1. The smallest absolute Gasteiger partial charge is 0.270 e. The standard InChI is InChI=1S/C27H28N2O3/c1-2-32-25-16-15-21(22-13-7-8-14-23(22)25)19-24(27(31)29-17-9-4-10-18-29)28-26(30)20-11-5-3-6-12-20/h3,5-8,11-16,19H,2,4,9-10,17-18H2,1H3,(H,28,30). The summed E-state index contributed by atoms with van der Waals surface area (Å²) in [4.78, 5) is 28.1. The molecular formula is C27H28N2O3. The molecule has 0 bridgehead atoms. The normalized spacial score (nSPS) is 14.3. The summed E-state index contributed by atoms with van der Waals surface area (Å²) in [7, 11) is 0. The minimum Gasteiger partial charge on any atom is -0.493 e. The molecule has 3 aromatic rings. The van der Waals surface area contributed by atoms with Gasteiger partial charge in [0.15, 0.2) is 0 Å². The average molecular weight is 429 g/mol. The van der Waals surface area contributed by atoms with Gasteiger partial charge in [0.05, 0.1) is 6.61 Å². The summed E-state index contributed by atoms with van der Waals surface area (Å²) >= 11 is 0. The van der Waals surface area contributed by atoms with Gasteiger partial charge in [-0.15, -0.1) is 0 Å². The van der Waals surface area contributed by atoms with E-state index in [-0.39, 0.29) is 17.5 Å². The summed E-state index contributed by atoms with van der Waals surface area (Å²) in [6, 6.07) is 20.8. The second-order valence-corrected chi connectivity index (χ2v) is 7.86. The zero-order valence-electron chi connectivity index (χ0n) is 18.3. The number of hydrogen-bond acceptors (Lipinski definition) is 3. The zero-order chi connectivity index (χ0) is 22.3. The van der Waals surface area contributed by atoms with E-state index in [1.165, 1.54) is 0 Å². The maximum Gasteiger partial charge on any atom is 0.270 e. The Morgan fingerprint density at radius 2 is 1.59 bits per heavy atom. The quantitative estimate of drug-likeness (QED) is 0.561. The van der Waals surface area contributed by atoms with Crippen LogP contribution in [0.2, 0.25) is 0 Å². The molecule has 2 amide bonds. The van der Waals surface area contributed by atoms with Crippen LogP contribution in [0.5, 0.6) is 5.75 Å². The van der Waals surface area contributed by atoms with Gasteiger partial charge in [-0.05, 0) is 61.4 Å². The van der Waals surface area contributed by atoms with Crippen LogP contribution in [0.1, 0.15) is 42.1 Å². The lowest BCUT2D eigenvalue weighted by Gasteiger charge is -2.28. The highest BCUT2D eigenvalue weighted by molar-refractivity contribution is 6.07. The van der Waals surface area contributed by atoms with Gasteiger partial charge in [-0.3, -0.25) is 9.59 Å². The SMILES string of the molecule is CCOc1ccc(C=C(NC(=O)c2ccccc2)C(=O)N2CCCCC2)c2ccccc12. The largest absolute Gasteiger partial charge is 0.493 e. The first-order chi connectivity index (χ1) is 15.7. The summed E-state index contributed by atoms with van der Waals surface area (Å²) in [6.45, 7) is 3.95. The van der Waals surface area contributed by atoms with Gasteiger partial charge in [0.2, 0.25) is 0 Å². The maximum absolute atomic E-state index is 13.4. The Labute approximate surface area is 188 Å². The number of nitrogens with one attached hydrogen (secondary N) is 1. The molecule has 164 valence electrons. The number of carbonyl (C=O) groups excluding carboxylic acids is 2. The van der Waals surface area contributed by atoms with Crippen LogP contribution in [0.3, 0.4) is 0 Å². The average Bonchev–Trinajstić information content (AvgIpc) is 2.85. The first-order valence-corrected chi connectivity index (χ1v) is 11.2. The molecule has 32 heavy (non-hydrogen) atoms. The highest BCUT2D eigenvalue weighted by Crippen LogP contribution is 2.30. The van der Waals surface area contributed by atoms with Gasteiger partial charge in [-0.2, -0.15) is 0 Å². The third-order valence-electron chi connectivity index (χ3n) is 5.68. The molecule has 0 saturated carbocycles. The minimum absolute atomic E-state index is 0.146. The Morgan fingerprint density at radius 3 is 2.31 bits per heavy atom. The molecular weight excluding hydrogens is 400 g/mol. The Morgan fingerprint density at radius 1 is 0.906 bits per heavy atom. The first-order valence-electron chi connectivity index (χ1n) is 11.2. The van der Waals surface area contributed by atoms with E-state index >= 15 is 0 Å². The van der Waals surface area contributed by atoms with Crippen molar-refractivity contribution in [3.05, 3.63) is 83.6 Å². The molecule has 1 aliphatic heterocycles. The highest BCUT2D eigenvalue weighted by atomic mass is 16.5. The second kappa shape index (κ2) is 10.1. The van der Waals surface area contributed by atoms with Crippen LogP contribution in [0.15, 0.2) is 72.4 Å². The van der Waals surface area contributed by atoms with Gasteiger partial charge in [-0.1, -0.05) is 48.5 Å². The number of ether oxygens (including phenoxy) is 1. The lowest BCUT2D eigenvalue weighted by molar-refractivity contribution is -0.128. The van der Waals surface area contributed by atoms with Gasteiger partial charge in [0.1, 0.15) is 11.4 Å². The van der Waals surface area contributed by atoms with E-state index in [2.05, 4.69) is 5.32 Å². The Kier molecular flexibility index (Phi) is 6.85. The number of rotatable bonds is 6. The number of fused-ring (bicyclic) bond motifs is 1. The summed E-state index contributed by atoms with van der Waals surface area (Å²) in [5.74, 6) is 0.363. The minimum atomic E-state index is -0.294. The van der Waals surface area contributed by atoms with Crippen LogP contribution >= 0.6 is 0 Å². The van der Waals surface area contributed by atoms with Gasteiger partial charge in [-0.25, -0.2) is 0 Å². The van der Waals surface area contributed by atoms with Crippen molar-refractivity contribution in [2.24, 2.45) is 0 Å². The predicted molar refractivity (Wildman–Crippen MR) is 127 cm³/mol. The molecule has 1 fully saturated rings. The van der Waals surface area contributed by atoms with Crippen LogP contribution in [0.4, 0.5) is 0 Å². The van der Waals surface area contributed by atoms with Crippen LogP contribution in [-0.4, -0.2) is 36.4 Å².